The Kier molecular flexibility index (Phi) is 6.63. The molecule has 7 nitrogen and oxygen atoms in total. The predicted molar refractivity (Wildman–Crippen MR) is 104 cm³/mol. The summed E-state index contributed by atoms with van der Waals surface area (Å²) in [4.78, 5) is 37.1. The minimum atomic E-state index is -0.184. The molecule has 0 spiro atoms. The standard InChI is InChI=1S/C20H31N5O2/c1-15(22-18(26)14-25-12-8-9-19(25)27)17-13-21-20(23-16(17)2)24-10-6-4-3-5-7-11-24/h13,15H,3-12,14H2,1-2H3,(H,22,26). The van der Waals surface area contributed by atoms with Gasteiger partial charge in [-0.15, -0.1) is 0 Å². The summed E-state index contributed by atoms with van der Waals surface area (Å²) in [5.41, 5.74) is 1.82. The average molecular weight is 374 g/mol. The van der Waals surface area contributed by atoms with Gasteiger partial charge < -0.3 is 15.1 Å². The lowest BCUT2D eigenvalue weighted by atomic mass is 10.1. The minimum Gasteiger partial charge on any atom is -0.348 e. The lowest BCUT2D eigenvalue weighted by molar-refractivity contribution is -0.133. The summed E-state index contributed by atoms with van der Waals surface area (Å²) in [5, 5.41) is 2.98. The first-order valence-corrected chi connectivity index (χ1v) is 10.2. The van der Waals surface area contributed by atoms with Gasteiger partial charge in [0.25, 0.3) is 0 Å². The van der Waals surface area contributed by atoms with Crippen LogP contribution in [0.15, 0.2) is 6.20 Å². The number of anilines is 1. The van der Waals surface area contributed by atoms with Crippen LogP contribution < -0.4 is 10.2 Å². The smallest absolute Gasteiger partial charge is 0.240 e. The van der Waals surface area contributed by atoms with E-state index in [0.29, 0.717) is 13.0 Å². The van der Waals surface area contributed by atoms with Gasteiger partial charge in [0.05, 0.1) is 12.6 Å². The van der Waals surface area contributed by atoms with E-state index in [1.54, 1.807) is 4.90 Å². The quantitative estimate of drug-likeness (QED) is 0.857. The first kappa shape index (κ1) is 19.6. The molecule has 0 bridgehead atoms. The number of hydrogen-bond donors (Lipinski definition) is 1. The van der Waals surface area contributed by atoms with E-state index < -0.39 is 0 Å². The van der Waals surface area contributed by atoms with Crippen LogP contribution in [0.25, 0.3) is 0 Å². The Hall–Kier alpha value is -2.18. The van der Waals surface area contributed by atoms with Crippen molar-refractivity contribution in [3.8, 4) is 0 Å². The van der Waals surface area contributed by atoms with Crippen LogP contribution >= 0.6 is 0 Å². The van der Waals surface area contributed by atoms with Gasteiger partial charge in [-0.25, -0.2) is 9.97 Å². The topological polar surface area (TPSA) is 78.4 Å². The Morgan fingerprint density at radius 2 is 1.85 bits per heavy atom. The van der Waals surface area contributed by atoms with Crippen LogP contribution in [0.1, 0.15) is 69.2 Å². The van der Waals surface area contributed by atoms with Crippen molar-refractivity contribution in [2.45, 2.75) is 64.8 Å². The molecule has 0 aliphatic carbocycles. The van der Waals surface area contributed by atoms with Crippen molar-refractivity contribution < 1.29 is 9.59 Å². The second kappa shape index (κ2) is 9.15. The number of aryl methyl sites for hydroxylation is 1. The number of nitrogens with zero attached hydrogens (tertiary/aromatic N) is 4. The van der Waals surface area contributed by atoms with Crippen molar-refractivity contribution in [3.05, 3.63) is 17.5 Å². The zero-order valence-electron chi connectivity index (χ0n) is 16.5. The lowest BCUT2D eigenvalue weighted by Crippen LogP contribution is -2.39. The number of likely N-dealkylation sites (tertiary alicyclic amines) is 1. The van der Waals surface area contributed by atoms with Gasteiger partial charge in [0, 0.05) is 43.5 Å². The van der Waals surface area contributed by atoms with Crippen molar-refractivity contribution in [2.24, 2.45) is 0 Å². The monoisotopic (exact) mass is 373 g/mol. The van der Waals surface area contributed by atoms with Crippen LogP contribution in [0.2, 0.25) is 0 Å². The first-order valence-electron chi connectivity index (χ1n) is 10.2. The van der Waals surface area contributed by atoms with Crippen molar-refractivity contribution in [1.29, 1.82) is 0 Å². The SMILES string of the molecule is Cc1nc(N2CCCCCCC2)ncc1C(C)NC(=O)CN1CCCC1=O. The van der Waals surface area contributed by atoms with E-state index >= 15 is 0 Å². The fourth-order valence-corrected chi connectivity index (χ4v) is 3.90. The van der Waals surface area contributed by atoms with E-state index in [0.717, 1.165) is 36.7 Å². The Morgan fingerprint density at radius 3 is 2.48 bits per heavy atom. The summed E-state index contributed by atoms with van der Waals surface area (Å²) in [6.07, 6.45) is 9.47. The molecule has 2 aliphatic rings. The highest BCUT2D eigenvalue weighted by Crippen LogP contribution is 2.20. The number of hydrogen-bond acceptors (Lipinski definition) is 5. The van der Waals surface area contributed by atoms with Crippen molar-refractivity contribution >= 4 is 17.8 Å². The van der Waals surface area contributed by atoms with Crippen LogP contribution in [-0.4, -0.2) is 52.9 Å². The Morgan fingerprint density at radius 1 is 1.15 bits per heavy atom. The van der Waals surface area contributed by atoms with Crippen molar-refractivity contribution in [3.63, 3.8) is 0 Å². The highest BCUT2D eigenvalue weighted by molar-refractivity contribution is 5.86. The van der Waals surface area contributed by atoms with E-state index in [4.69, 9.17) is 4.98 Å². The number of carbonyl (C=O) groups excluding carboxylic acids is 2. The van der Waals surface area contributed by atoms with E-state index in [2.05, 4.69) is 15.2 Å². The second-order valence-corrected chi connectivity index (χ2v) is 7.67. The molecule has 1 aromatic rings. The number of aromatic nitrogens is 2. The van der Waals surface area contributed by atoms with Gasteiger partial charge in [0.2, 0.25) is 17.8 Å². The van der Waals surface area contributed by atoms with Crippen LogP contribution in [0, 0.1) is 6.92 Å². The van der Waals surface area contributed by atoms with Crippen molar-refractivity contribution in [1.82, 2.24) is 20.2 Å². The molecule has 1 aromatic heterocycles. The molecular formula is C20H31N5O2. The van der Waals surface area contributed by atoms with Gasteiger partial charge in [-0.1, -0.05) is 19.3 Å². The van der Waals surface area contributed by atoms with Gasteiger partial charge in [-0.2, -0.15) is 0 Å². The molecule has 2 aliphatic heterocycles. The number of amides is 2. The number of rotatable bonds is 5. The molecule has 0 radical (unpaired) electrons. The van der Waals surface area contributed by atoms with Gasteiger partial charge >= 0.3 is 0 Å². The average Bonchev–Trinajstić information content (AvgIpc) is 2.99. The molecule has 2 fully saturated rings. The zero-order chi connectivity index (χ0) is 19.2. The molecule has 7 heteroatoms. The van der Waals surface area contributed by atoms with Crippen LogP contribution in [0.3, 0.4) is 0 Å². The molecule has 3 rings (SSSR count). The third-order valence-corrected chi connectivity index (χ3v) is 5.49. The fourth-order valence-electron chi connectivity index (χ4n) is 3.90. The molecule has 148 valence electrons. The highest BCUT2D eigenvalue weighted by atomic mass is 16.2. The molecule has 1 atom stereocenters. The summed E-state index contributed by atoms with van der Waals surface area (Å²) in [6.45, 7) is 6.73. The molecule has 27 heavy (non-hydrogen) atoms. The molecule has 1 unspecified atom stereocenters. The Balaban J connectivity index is 1.60. The molecule has 3 heterocycles. The maximum atomic E-state index is 12.3. The number of carbonyl (C=O) groups is 2. The summed E-state index contributed by atoms with van der Waals surface area (Å²) in [6, 6.07) is -0.184. The summed E-state index contributed by atoms with van der Waals surface area (Å²) in [5.74, 6) is 0.722. The molecular weight excluding hydrogens is 342 g/mol. The zero-order valence-corrected chi connectivity index (χ0v) is 16.5. The molecule has 2 amide bonds. The van der Waals surface area contributed by atoms with Crippen LogP contribution in [0.4, 0.5) is 5.95 Å². The molecule has 2 saturated heterocycles. The maximum Gasteiger partial charge on any atom is 0.240 e. The molecule has 0 saturated carbocycles. The van der Waals surface area contributed by atoms with Crippen molar-refractivity contribution in [2.75, 3.05) is 31.1 Å². The normalized spacial score (nSPS) is 19.6. The third-order valence-electron chi connectivity index (χ3n) is 5.49. The molecule has 0 aromatic carbocycles. The van der Waals surface area contributed by atoms with Crippen LogP contribution in [0.5, 0.6) is 0 Å². The first-order chi connectivity index (χ1) is 13.0. The number of nitrogens with one attached hydrogen (secondary N) is 1. The third kappa shape index (κ3) is 5.17. The van der Waals surface area contributed by atoms with Gasteiger partial charge in [-0.3, -0.25) is 9.59 Å². The summed E-state index contributed by atoms with van der Waals surface area (Å²) < 4.78 is 0. The summed E-state index contributed by atoms with van der Waals surface area (Å²) >= 11 is 0. The van der Waals surface area contributed by atoms with Crippen LogP contribution in [-0.2, 0) is 9.59 Å². The van der Waals surface area contributed by atoms with Gasteiger partial charge in [0.15, 0.2) is 0 Å². The Bertz CT molecular complexity index is 670. The largest absolute Gasteiger partial charge is 0.348 e. The molecule has 1 N–H and O–H groups in total. The van der Waals surface area contributed by atoms with Gasteiger partial charge in [0.1, 0.15) is 0 Å². The summed E-state index contributed by atoms with van der Waals surface area (Å²) in [7, 11) is 0. The highest BCUT2D eigenvalue weighted by Gasteiger charge is 2.23. The Labute approximate surface area is 161 Å². The van der Waals surface area contributed by atoms with E-state index in [-0.39, 0.29) is 24.4 Å². The van der Waals surface area contributed by atoms with E-state index in [1.807, 2.05) is 20.0 Å². The van der Waals surface area contributed by atoms with Gasteiger partial charge in [-0.05, 0) is 33.1 Å². The van der Waals surface area contributed by atoms with E-state index in [1.165, 1.54) is 32.1 Å². The fraction of sp³-hybridized carbons (Fsp3) is 0.700. The van der Waals surface area contributed by atoms with E-state index in [9.17, 15) is 9.59 Å². The lowest BCUT2D eigenvalue weighted by Gasteiger charge is -2.26. The second-order valence-electron chi connectivity index (χ2n) is 7.67. The predicted octanol–water partition coefficient (Wildman–Crippen LogP) is 2.36. The minimum absolute atomic E-state index is 0.0647. The maximum absolute atomic E-state index is 12.3.